The van der Waals surface area contributed by atoms with Crippen LogP contribution in [0.2, 0.25) is 0 Å². The van der Waals surface area contributed by atoms with Crippen LogP contribution in [-0.2, 0) is 6.61 Å². The van der Waals surface area contributed by atoms with Gasteiger partial charge in [-0.3, -0.25) is 14.0 Å². The number of benzene rings is 2. The molecule has 0 spiro atoms. The van der Waals surface area contributed by atoms with Crippen molar-refractivity contribution in [3.8, 4) is 17.2 Å². The predicted molar refractivity (Wildman–Crippen MR) is 124 cm³/mol. The van der Waals surface area contributed by atoms with Crippen LogP contribution in [0.4, 0.5) is 5.69 Å². The minimum Gasteiger partial charge on any atom is -0.493 e. The Hall–Kier alpha value is -4.33. The summed E-state index contributed by atoms with van der Waals surface area (Å²) in [6.45, 7) is 1.97. The second-order valence-corrected chi connectivity index (χ2v) is 7.28. The van der Waals surface area contributed by atoms with Crippen molar-refractivity contribution < 1.29 is 19.0 Å². The van der Waals surface area contributed by atoms with Gasteiger partial charge in [-0.15, -0.1) is 0 Å². The van der Waals surface area contributed by atoms with E-state index in [4.69, 9.17) is 14.2 Å². The molecule has 2 aromatic heterocycles. The van der Waals surface area contributed by atoms with Gasteiger partial charge in [-0.1, -0.05) is 18.2 Å². The zero-order chi connectivity index (χ0) is 23.4. The SMILES string of the molecule is COc1ccc(C(=O)Nc2ccccc2OCc2cc(=O)n3cccc(C)c3n2)cc1OC. The average molecular weight is 445 g/mol. The molecule has 1 N–H and O–H groups in total. The van der Waals surface area contributed by atoms with E-state index in [0.717, 1.165) is 5.56 Å². The number of ether oxygens (including phenoxy) is 3. The highest BCUT2D eigenvalue weighted by molar-refractivity contribution is 6.05. The van der Waals surface area contributed by atoms with E-state index >= 15 is 0 Å². The number of anilines is 1. The minimum atomic E-state index is -0.329. The number of para-hydroxylation sites is 2. The fraction of sp³-hybridized carbons (Fsp3) is 0.160. The molecule has 0 aliphatic carbocycles. The van der Waals surface area contributed by atoms with Gasteiger partial charge in [0.15, 0.2) is 11.5 Å². The monoisotopic (exact) mass is 445 g/mol. The Morgan fingerprint density at radius 2 is 1.76 bits per heavy atom. The first-order valence-corrected chi connectivity index (χ1v) is 10.2. The summed E-state index contributed by atoms with van der Waals surface area (Å²) in [5.74, 6) is 1.12. The van der Waals surface area contributed by atoms with E-state index < -0.39 is 0 Å². The van der Waals surface area contributed by atoms with Crippen LogP contribution in [0, 0.1) is 6.92 Å². The molecule has 0 fully saturated rings. The second kappa shape index (κ2) is 9.44. The van der Waals surface area contributed by atoms with Crippen LogP contribution in [0.1, 0.15) is 21.6 Å². The van der Waals surface area contributed by atoms with Crippen molar-refractivity contribution in [1.29, 1.82) is 0 Å². The molecule has 168 valence electrons. The van der Waals surface area contributed by atoms with E-state index in [9.17, 15) is 9.59 Å². The molecule has 2 heterocycles. The number of hydrogen-bond donors (Lipinski definition) is 1. The molecule has 0 unspecified atom stereocenters. The third-order valence-corrected chi connectivity index (χ3v) is 5.10. The van der Waals surface area contributed by atoms with Gasteiger partial charge in [-0.2, -0.15) is 0 Å². The van der Waals surface area contributed by atoms with E-state index in [1.165, 1.54) is 24.7 Å². The Balaban J connectivity index is 1.54. The highest BCUT2D eigenvalue weighted by Crippen LogP contribution is 2.29. The standard InChI is InChI=1S/C25H23N3O5/c1-16-7-6-12-28-23(29)14-18(26-24(16)28)15-33-20-9-5-4-8-19(20)27-25(30)17-10-11-21(31-2)22(13-17)32-3/h4-14H,15H2,1-3H3,(H,27,30). The topological polar surface area (TPSA) is 91.2 Å². The average Bonchev–Trinajstić information content (AvgIpc) is 2.83. The first-order chi connectivity index (χ1) is 16.0. The number of rotatable bonds is 7. The Kier molecular flexibility index (Phi) is 6.26. The Morgan fingerprint density at radius 3 is 2.55 bits per heavy atom. The number of pyridine rings is 1. The Labute approximate surface area is 190 Å². The zero-order valence-corrected chi connectivity index (χ0v) is 18.5. The quantitative estimate of drug-likeness (QED) is 0.465. The third kappa shape index (κ3) is 4.64. The number of hydrogen-bond acceptors (Lipinski definition) is 6. The molecule has 0 bridgehead atoms. The maximum absolute atomic E-state index is 12.8. The highest BCUT2D eigenvalue weighted by atomic mass is 16.5. The van der Waals surface area contributed by atoms with E-state index in [1.807, 2.05) is 13.0 Å². The number of aryl methyl sites for hydroxylation is 1. The Bertz CT molecular complexity index is 1380. The van der Waals surface area contributed by atoms with E-state index in [1.54, 1.807) is 54.7 Å². The van der Waals surface area contributed by atoms with Crippen molar-refractivity contribution in [2.75, 3.05) is 19.5 Å². The lowest BCUT2D eigenvalue weighted by atomic mass is 10.1. The fourth-order valence-corrected chi connectivity index (χ4v) is 3.40. The summed E-state index contributed by atoms with van der Waals surface area (Å²) in [5, 5.41) is 2.86. The zero-order valence-electron chi connectivity index (χ0n) is 18.5. The molecule has 2 aromatic carbocycles. The molecular formula is C25H23N3O5. The summed E-state index contributed by atoms with van der Waals surface area (Å²) in [7, 11) is 3.04. The molecule has 4 aromatic rings. The normalized spacial score (nSPS) is 10.6. The smallest absolute Gasteiger partial charge is 0.258 e. The van der Waals surface area contributed by atoms with Gasteiger partial charge in [-0.05, 0) is 48.9 Å². The van der Waals surface area contributed by atoms with Gasteiger partial charge in [0, 0.05) is 17.8 Å². The van der Waals surface area contributed by atoms with Crippen LogP contribution in [0.25, 0.3) is 5.65 Å². The van der Waals surface area contributed by atoms with E-state index in [2.05, 4.69) is 10.3 Å². The molecule has 8 nitrogen and oxygen atoms in total. The first-order valence-electron chi connectivity index (χ1n) is 10.2. The largest absolute Gasteiger partial charge is 0.493 e. The van der Waals surface area contributed by atoms with Crippen LogP contribution in [0.3, 0.4) is 0 Å². The minimum absolute atomic E-state index is 0.0727. The lowest BCUT2D eigenvalue weighted by molar-refractivity contribution is 0.102. The van der Waals surface area contributed by atoms with Gasteiger partial charge >= 0.3 is 0 Å². The molecule has 0 saturated carbocycles. The molecule has 0 saturated heterocycles. The molecule has 8 heteroatoms. The summed E-state index contributed by atoms with van der Waals surface area (Å²) in [4.78, 5) is 29.8. The van der Waals surface area contributed by atoms with Crippen LogP contribution in [-0.4, -0.2) is 29.5 Å². The number of amides is 1. The number of nitrogens with zero attached hydrogens (tertiary/aromatic N) is 2. The maximum atomic E-state index is 12.8. The number of fused-ring (bicyclic) bond motifs is 1. The van der Waals surface area contributed by atoms with Crippen LogP contribution in [0.5, 0.6) is 17.2 Å². The fourth-order valence-electron chi connectivity index (χ4n) is 3.40. The van der Waals surface area contributed by atoms with Gasteiger partial charge in [0.05, 0.1) is 25.6 Å². The number of methoxy groups -OCH3 is 2. The molecule has 0 aliphatic heterocycles. The van der Waals surface area contributed by atoms with Crippen molar-refractivity contribution in [2.45, 2.75) is 13.5 Å². The first kappa shape index (κ1) is 21.9. The summed E-state index contributed by atoms with van der Waals surface area (Å²) in [6.07, 6.45) is 1.68. The molecule has 0 radical (unpaired) electrons. The van der Waals surface area contributed by atoms with E-state index in [-0.39, 0.29) is 18.1 Å². The summed E-state index contributed by atoms with van der Waals surface area (Å²) in [6, 6.07) is 17.1. The third-order valence-electron chi connectivity index (χ3n) is 5.10. The van der Waals surface area contributed by atoms with Crippen molar-refractivity contribution in [3.05, 3.63) is 94.0 Å². The van der Waals surface area contributed by atoms with Crippen molar-refractivity contribution >= 4 is 17.2 Å². The van der Waals surface area contributed by atoms with Crippen LogP contribution < -0.4 is 25.1 Å². The van der Waals surface area contributed by atoms with Gasteiger partial charge in [0.1, 0.15) is 18.0 Å². The van der Waals surface area contributed by atoms with Crippen LogP contribution >= 0.6 is 0 Å². The number of aromatic nitrogens is 2. The van der Waals surface area contributed by atoms with E-state index in [0.29, 0.717) is 39.8 Å². The molecule has 0 aliphatic rings. The van der Waals surface area contributed by atoms with Crippen molar-refractivity contribution in [1.82, 2.24) is 9.38 Å². The van der Waals surface area contributed by atoms with Gasteiger partial charge in [0.2, 0.25) is 0 Å². The molecular weight excluding hydrogens is 422 g/mol. The van der Waals surface area contributed by atoms with Gasteiger partial charge in [0.25, 0.3) is 11.5 Å². The molecule has 33 heavy (non-hydrogen) atoms. The molecule has 0 atom stereocenters. The maximum Gasteiger partial charge on any atom is 0.258 e. The van der Waals surface area contributed by atoms with Crippen molar-refractivity contribution in [2.24, 2.45) is 0 Å². The van der Waals surface area contributed by atoms with Crippen molar-refractivity contribution in [3.63, 3.8) is 0 Å². The molecule has 4 rings (SSSR count). The Morgan fingerprint density at radius 1 is 0.970 bits per heavy atom. The van der Waals surface area contributed by atoms with Gasteiger partial charge < -0.3 is 19.5 Å². The lowest BCUT2D eigenvalue weighted by Crippen LogP contribution is -2.17. The van der Waals surface area contributed by atoms with Crippen LogP contribution in [0.15, 0.2) is 71.7 Å². The highest BCUT2D eigenvalue weighted by Gasteiger charge is 2.14. The number of carbonyl (C=O) groups is 1. The molecule has 1 amide bonds. The summed E-state index contributed by atoms with van der Waals surface area (Å²) in [5.41, 5.74) is 2.68. The number of nitrogens with one attached hydrogen (secondary N) is 1. The van der Waals surface area contributed by atoms with Gasteiger partial charge in [-0.25, -0.2) is 4.98 Å². The summed E-state index contributed by atoms with van der Waals surface area (Å²) >= 11 is 0. The summed E-state index contributed by atoms with van der Waals surface area (Å²) < 4.78 is 17.9. The lowest BCUT2D eigenvalue weighted by Gasteiger charge is -2.14. The second-order valence-electron chi connectivity index (χ2n) is 7.28. The predicted octanol–water partition coefficient (Wildman–Crippen LogP) is 3.85. The number of carbonyl (C=O) groups excluding carboxylic acids is 1.